The Morgan fingerprint density at radius 2 is 1.86 bits per heavy atom. The van der Waals surface area contributed by atoms with E-state index in [0.29, 0.717) is 34.9 Å². The highest BCUT2D eigenvalue weighted by Gasteiger charge is 2.14. The van der Waals surface area contributed by atoms with Gasteiger partial charge in [0.25, 0.3) is 0 Å². The van der Waals surface area contributed by atoms with Crippen LogP contribution in [0.1, 0.15) is 19.4 Å². The average Bonchev–Trinajstić information content (AvgIpc) is 2.76. The van der Waals surface area contributed by atoms with Crippen LogP contribution in [0.25, 0.3) is 10.9 Å². The SMILES string of the molecule is CCN(CC)C[C@@H](O)COc1cc2nccc(Oc3ccccc3)c2cc1C#N. The van der Waals surface area contributed by atoms with Crippen LogP contribution in [0.5, 0.6) is 17.2 Å². The molecule has 0 fully saturated rings. The fourth-order valence-electron chi connectivity index (χ4n) is 3.08. The van der Waals surface area contributed by atoms with Gasteiger partial charge in [0, 0.05) is 24.2 Å². The molecular formula is C23H25N3O3. The standard InChI is InChI=1S/C23H25N3O3/c1-3-26(4-2)15-18(27)16-28-23-13-21-20(12-17(23)14-24)22(10-11-25-21)29-19-8-6-5-7-9-19/h5-13,18,27H,3-4,15-16H2,1-2H3/t18-/m1/s1. The highest BCUT2D eigenvalue weighted by molar-refractivity contribution is 5.88. The molecule has 6 nitrogen and oxygen atoms in total. The molecule has 0 amide bonds. The fraction of sp³-hybridized carbons (Fsp3) is 0.304. The molecule has 0 unspecified atom stereocenters. The van der Waals surface area contributed by atoms with Gasteiger partial charge in [0.15, 0.2) is 0 Å². The van der Waals surface area contributed by atoms with Crippen molar-refractivity contribution >= 4 is 10.9 Å². The van der Waals surface area contributed by atoms with E-state index in [9.17, 15) is 10.4 Å². The van der Waals surface area contributed by atoms with Crippen molar-refractivity contribution in [2.45, 2.75) is 20.0 Å². The number of fused-ring (bicyclic) bond motifs is 1. The maximum atomic E-state index is 10.2. The number of hydrogen-bond acceptors (Lipinski definition) is 6. The molecule has 0 saturated carbocycles. The summed E-state index contributed by atoms with van der Waals surface area (Å²) in [5.74, 6) is 1.73. The molecule has 1 atom stereocenters. The van der Waals surface area contributed by atoms with Crippen molar-refractivity contribution in [3.8, 4) is 23.3 Å². The number of ether oxygens (including phenoxy) is 2. The molecule has 1 heterocycles. The third-order valence-corrected chi connectivity index (χ3v) is 4.69. The van der Waals surface area contributed by atoms with Gasteiger partial charge < -0.3 is 19.5 Å². The molecule has 0 spiro atoms. The number of rotatable bonds is 9. The molecule has 1 N–H and O–H groups in total. The van der Waals surface area contributed by atoms with Crippen LogP contribution in [0, 0.1) is 11.3 Å². The van der Waals surface area contributed by atoms with Gasteiger partial charge in [-0.2, -0.15) is 5.26 Å². The van der Waals surface area contributed by atoms with Gasteiger partial charge in [-0.1, -0.05) is 32.0 Å². The molecule has 1 aromatic heterocycles. The van der Waals surface area contributed by atoms with Crippen LogP contribution in [0.2, 0.25) is 0 Å². The van der Waals surface area contributed by atoms with Crippen LogP contribution in [0.4, 0.5) is 0 Å². The Kier molecular flexibility index (Phi) is 7.01. The molecule has 3 aromatic rings. The van der Waals surface area contributed by atoms with Crippen LogP contribution in [-0.4, -0.2) is 47.3 Å². The molecule has 0 aliphatic carbocycles. The lowest BCUT2D eigenvalue weighted by molar-refractivity contribution is 0.0716. The summed E-state index contributed by atoms with van der Waals surface area (Å²) in [6, 6.07) is 16.8. The van der Waals surface area contributed by atoms with E-state index in [0.717, 1.165) is 18.5 Å². The Morgan fingerprint density at radius 1 is 1.10 bits per heavy atom. The summed E-state index contributed by atoms with van der Waals surface area (Å²) >= 11 is 0. The lowest BCUT2D eigenvalue weighted by Crippen LogP contribution is -2.35. The number of hydrogen-bond donors (Lipinski definition) is 1. The molecule has 29 heavy (non-hydrogen) atoms. The molecule has 2 aromatic carbocycles. The number of pyridine rings is 1. The van der Waals surface area contributed by atoms with Gasteiger partial charge in [-0.3, -0.25) is 4.98 Å². The number of likely N-dealkylation sites (N-methyl/N-ethyl adjacent to an activating group) is 1. The van der Waals surface area contributed by atoms with Gasteiger partial charge in [-0.15, -0.1) is 0 Å². The van der Waals surface area contributed by atoms with E-state index in [4.69, 9.17) is 9.47 Å². The predicted octanol–water partition coefficient (Wildman–Crippen LogP) is 3.98. The summed E-state index contributed by atoms with van der Waals surface area (Å²) in [7, 11) is 0. The summed E-state index contributed by atoms with van der Waals surface area (Å²) in [5, 5.41) is 20.6. The smallest absolute Gasteiger partial charge is 0.139 e. The summed E-state index contributed by atoms with van der Waals surface area (Å²) in [5.41, 5.74) is 1.03. The monoisotopic (exact) mass is 391 g/mol. The number of aliphatic hydroxyl groups is 1. The maximum Gasteiger partial charge on any atom is 0.139 e. The predicted molar refractivity (Wildman–Crippen MR) is 112 cm³/mol. The molecule has 0 aliphatic heterocycles. The highest BCUT2D eigenvalue weighted by Crippen LogP contribution is 2.33. The minimum atomic E-state index is -0.641. The molecule has 0 aliphatic rings. The zero-order valence-corrected chi connectivity index (χ0v) is 16.7. The summed E-state index contributed by atoms with van der Waals surface area (Å²) in [6.45, 7) is 6.46. The third kappa shape index (κ3) is 5.23. The van der Waals surface area contributed by atoms with Crippen LogP contribution in [0.3, 0.4) is 0 Å². The van der Waals surface area contributed by atoms with E-state index in [1.807, 2.05) is 30.3 Å². The lowest BCUT2D eigenvalue weighted by Gasteiger charge is -2.22. The molecule has 150 valence electrons. The van der Waals surface area contributed by atoms with E-state index in [-0.39, 0.29) is 6.61 Å². The second-order valence-electron chi connectivity index (χ2n) is 6.65. The molecule has 6 heteroatoms. The van der Waals surface area contributed by atoms with E-state index in [1.165, 1.54) is 0 Å². The Hall–Kier alpha value is -3.14. The Labute approximate surface area is 170 Å². The fourth-order valence-corrected chi connectivity index (χ4v) is 3.08. The number of aliphatic hydroxyl groups excluding tert-OH is 1. The minimum Gasteiger partial charge on any atom is -0.489 e. The number of nitriles is 1. The molecular weight excluding hydrogens is 366 g/mol. The molecule has 3 rings (SSSR count). The van der Waals surface area contributed by atoms with Crippen LogP contribution in [0.15, 0.2) is 54.7 Å². The molecule has 0 bridgehead atoms. The number of aromatic nitrogens is 1. The summed E-state index contributed by atoms with van der Waals surface area (Å²) < 4.78 is 11.7. The van der Waals surface area contributed by atoms with E-state index < -0.39 is 6.10 Å². The van der Waals surface area contributed by atoms with E-state index >= 15 is 0 Å². The average molecular weight is 391 g/mol. The van der Waals surface area contributed by atoms with Crippen LogP contribution >= 0.6 is 0 Å². The third-order valence-electron chi connectivity index (χ3n) is 4.69. The normalized spacial score (nSPS) is 12.0. The van der Waals surface area contributed by atoms with Crippen molar-refractivity contribution in [1.29, 1.82) is 5.26 Å². The van der Waals surface area contributed by atoms with Crippen molar-refractivity contribution in [2.75, 3.05) is 26.2 Å². The second kappa shape index (κ2) is 9.87. The van der Waals surface area contributed by atoms with Crippen LogP contribution < -0.4 is 9.47 Å². The first-order valence-electron chi connectivity index (χ1n) is 9.73. The zero-order valence-electron chi connectivity index (χ0n) is 16.7. The molecule has 0 radical (unpaired) electrons. The topological polar surface area (TPSA) is 78.6 Å². The van der Waals surface area contributed by atoms with Gasteiger partial charge in [0.1, 0.15) is 36.0 Å². The highest BCUT2D eigenvalue weighted by atomic mass is 16.5. The van der Waals surface area contributed by atoms with Gasteiger partial charge >= 0.3 is 0 Å². The Balaban J connectivity index is 1.82. The van der Waals surface area contributed by atoms with E-state index in [1.54, 1.807) is 24.4 Å². The lowest BCUT2D eigenvalue weighted by atomic mass is 10.1. The maximum absolute atomic E-state index is 10.2. The summed E-state index contributed by atoms with van der Waals surface area (Å²) in [4.78, 5) is 6.50. The van der Waals surface area contributed by atoms with Crippen molar-refractivity contribution in [2.24, 2.45) is 0 Å². The van der Waals surface area contributed by atoms with Crippen LogP contribution in [-0.2, 0) is 0 Å². The van der Waals surface area contributed by atoms with Crippen molar-refractivity contribution < 1.29 is 14.6 Å². The van der Waals surface area contributed by atoms with E-state index in [2.05, 4.69) is 29.8 Å². The Morgan fingerprint density at radius 3 is 2.55 bits per heavy atom. The zero-order chi connectivity index (χ0) is 20.6. The van der Waals surface area contributed by atoms with Gasteiger partial charge in [-0.25, -0.2) is 0 Å². The molecule has 0 saturated heterocycles. The minimum absolute atomic E-state index is 0.108. The first-order valence-corrected chi connectivity index (χ1v) is 9.73. The first kappa shape index (κ1) is 20.6. The number of benzene rings is 2. The second-order valence-corrected chi connectivity index (χ2v) is 6.65. The van der Waals surface area contributed by atoms with Gasteiger partial charge in [0.05, 0.1) is 11.1 Å². The van der Waals surface area contributed by atoms with Crippen molar-refractivity contribution in [3.63, 3.8) is 0 Å². The van der Waals surface area contributed by atoms with Crippen molar-refractivity contribution in [1.82, 2.24) is 9.88 Å². The quantitative estimate of drug-likeness (QED) is 0.594. The van der Waals surface area contributed by atoms with Gasteiger partial charge in [0.2, 0.25) is 0 Å². The van der Waals surface area contributed by atoms with Gasteiger partial charge in [-0.05, 0) is 37.4 Å². The number of para-hydroxylation sites is 1. The Bertz CT molecular complexity index is 982. The van der Waals surface area contributed by atoms with Crippen molar-refractivity contribution in [3.05, 3.63) is 60.3 Å². The number of nitrogens with zero attached hydrogens (tertiary/aromatic N) is 3. The largest absolute Gasteiger partial charge is 0.489 e. The summed E-state index contributed by atoms with van der Waals surface area (Å²) in [6.07, 6.45) is 1.02. The first-order chi connectivity index (χ1) is 14.1.